The molecule has 0 atom stereocenters. The summed E-state index contributed by atoms with van der Waals surface area (Å²) in [6.07, 6.45) is 1.25. The summed E-state index contributed by atoms with van der Waals surface area (Å²) in [7, 11) is -3.96. The van der Waals surface area contributed by atoms with Gasteiger partial charge in [-0.15, -0.1) is 4.40 Å². The topological polar surface area (TPSA) is 55.7 Å². The first-order chi connectivity index (χ1) is 8.66. The predicted octanol–water partition coefficient (Wildman–Crippen LogP) is 2.43. The van der Waals surface area contributed by atoms with Gasteiger partial charge in [-0.05, 0) is 17.7 Å². The van der Waals surface area contributed by atoms with Crippen LogP contribution in [0, 0.1) is 0 Å². The second kappa shape index (κ2) is 5.46. The van der Waals surface area contributed by atoms with Gasteiger partial charge in [-0.25, -0.2) is 0 Å². The number of hydrogen-bond donors (Lipinski definition) is 0. The van der Waals surface area contributed by atoms with Gasteiger partial charge in [0.1, 0.15) is 5.75 Å². The van der Waals surface area contributed by atoms with Crippen LogP contribution in [0.5, 0.6) is 5.75 Å². The third-order valence-electron chi connectivity index (χ3n) is 2.08. The maximum Gasteiger partial charge on any atom is 0.428 e. The van der Waals surface area contributed by atoms with E-state index in [4.69, 9.17) is 4.18 Å². The lowest BCUT2D eigenvalue weighted by atomic mass is 10.2. The van der Waals surface area contributed by atoms with Crippen LogP contribution in [0.1, 0.15) is 5.56 Å². The highest BCUT2D eigenvalue weighted by Crippen LogP contribution is 2.12. The zero-order valence-corrected chi connectivity index (χ0v) is 10.2. The van der Waals surface area contributed by atoms with Gasteiger partial charge in [0.05, 0.1) is 6.21 Å². The lowest BCUT2D eigenvalue weighted by molar-refractivity contribution is 0.488. The van der Waals surface area contributed by atoms with E-state index in [2.05, 4.69) is 4.40 Å². The van der Waals surface area contributed by atoms with Crippen LogP contribution in [0.2, 0.25) is 0 Å². The third-order valence-corrected chi connectivity index (χ3v) is 2.84. The molecule has 0 unspecified atom stereocenters. The Bertz CT molecular complexity index is 622. The average Bonchev–Trinajstić information content (AvgIpc) is 2.38. The van der Waals surface area contributed by atoms with Gasteiger partial charge in [-0.2, -0.15) is 8.42 Å². The van der Waals surface area contributed by atoms with Crippen LogP contribution in [0.3, 0.4) is 0 Å². The fourth-order valence-corrected chi connectivity index (χ4v) is 1.93. The predicted molar refractivity (Wildman–Crippen MR) is 70.0 cm³/mol. The summed E-state index contributed by atoms with van der Waals surface area (Å²) in [6, 6.07) is 17.2. The molecule has 0 aliphatic carbocycles. The molecule has 18 heavy (non-hydrogen) atoms. The molecule has 92 valence electrons. The van der Waals surface area contributed by atoms with Crippen molar-refractivity contribution in [3.8, 4) is 5.75 Å². The van der Waals surface area contributed by atoms with Crippen molar-refractivity contribution >= 4 is 16.5 Å². The summed E-state index contributed by atoms with van der Waals surface area (Å²) >= 11 is 0. The minimum Gasteiger partial charge on any atom is -0.366 e. The van der Waals surface area contributed by atoms with Crippen LogP contribution < -0.4 is 4.18 Å². The van der Waals surface area contributed by atoms with Crippen LogP contribution >= 0.6 is 0 Å². The molecule has 0 amide bonds. The van der Waals surface area contributed by atoms with E-state index in [1.165, 1.54) is 6.21 Å². The summed E-state index contributed by atoms with van der Waals surface area (Å²) in [5.41, 5.74) is 0.692. The summed E-state index contributed by atoms with van der Waals surface area (Å²) < 4.78 is 31.4. The zero-order valence-electron chi connectivity index (χ0n) is 9.43. The van der Waals surface area contributed by atoms with Gasteiger partial charge >= 0.3 is 10.3 Å². The monoisotopic (exact) mass is 261 g/mol. The smallest absolute Gasteiger partial charge is 0.366 e. The highest BCUT2D eigenvalue weighted by atomic mass is 32.2. The Labute approximate surface area is 106 Å². The molecule has 0 N–H and O–H groups in total. The van der Waals surface area contributed by atoms with Crippen molar-refractivity contribution in [1.29, 1.82) is 0 Å². The lowest BCUT2D eigenvalue weighted by Crippen LogP contribution is -2.05. The van der Waals surface area contributed by atoms with Gasteiger partial charge in [0, 0.05) is 0 Å². The van der Waals surface area contributed by atoms with Crippen LogP contribution in [-0.4, -0.2) is 14.6 Å². The first-order valence-electron chi connectivity index (χ1n) is 5.25. The minimum atomic E-state index is -3.96. The highest BCUT2D eigenvalue weighted by Gasteiger charge is 2.08. The zero-order chi connectivity index (χ0) is 12.8. The number of para-hydroxylation sites is 1. The SMILES string of the molecule is O=S(=O)(/N=C/c1ccccc1)Oc1ccccc1. The van der Waals surface area contributed by atoms with Crippen LogP contribution in [-0.2, 0) is 10.3 Å². The van der Waals surface area contributed by atoms with Crippen molar-refractivity contribution in [2.75, 3.05) is 0 Å². The van der Waals surface area contributed by atoms with Crippen molar-refractivity contribution in [2.24, 2.45) is 4.40 Å². The van der Waals surface area contributed by atoms with Gasteiger partial charge in [-0.1, -0.05) is 48.5 Å². The molecule has 0 radical (unpaired) electrons. The van der Waals surface area contributed by atoms with E-state index >= 15 is 0 Å². The van der Waals surface area contributed by atoms with Crippen molar-refractivity contribution in [3.05, 3.63) is 66.2 Å². The Morgan fingerprint density at radius 3 is 2.06 bits per heavy atom. The molecule has 0 spiro atoms. The van der Waals surface area contributed by atoms with E-state index < -0.39 is 10.3 Å². The van der Waals surface area contributed by atoms with Crippen LogP contribution in [0.15, 0.2) is 65.1 Å². The fourth-order valence-electron chi connectivity index (χ4n) is 1.28. The van der Waals surface area contributed by atoms with E-state index in [-0.39, 0.29) is 5.75 Å². The molecule has 0 saturated heterocycles. The second-order valence-corrected chi connectivity index (χ2v) is 4.70. The van der Waals surface area contributed by atoms with Crippen molar-refractivity contribution in [1.82, 2.24) is 0 Å². The molecule has 0 heterocycles. The van der Waals surface area contributed by atoms with Crippen molar-refractivity contribution < 1.29 is 12.6 Å². The van der Waals surface area contributed by atoms with Crippen LogP contribution in [0.25, 0.3) is 0 Å². The average molecular weight is 261 g/mol. The molecular formula is C13H11NO3S. The molecule has 2 aromatic carbocycles. The number of nitrogens with zero attached hydrogens (tertiary/aromatic N) is 1. The molecule has 0 aliphatic heterocycles. The number of rotatable bonds is 4. The van der Waals surface area contributed by atoms with E-state index in [0.29, 0.717) is 5.56 Å². The summed E-state index contributed by atoms with van der Waals surface area (Å²) in [5, 5.41) is 0. The first kappa shape index (κ1) is 12.3. The summed E-state index contributed by atoms with van der Waals surface area (Å²) in [5.74, 6) is 0.239. The second-order valence-electron chi connectivity index (χ2n) is 3.47. The quantitative estimate of drug-likeness (QED) is 0.794. The fraction of sp³-hybridized carbons (Fsp3) is 0. The molecule has 0 fully saturated rings. The molecular weight excluding hydrogens is 250 g/mol. The normalized spacial score (nSPS) is 11.6. The Kier molecular flexibility index (Phi) is 3.74. The highest BCUT2D eigenvalue weighted by molar-refractivity contribution is 7.85. The molecule has 2 aromatic rings. The number of benzene rings is 2. The molecule has 0 bridgehead atoms. The third kappa shape index (κ3) is 3.71. The lowest BCUT2D eigenvalue weighted by Gasteiger charge is -2.01. The summed E-state index contributed by atoms with van der Waals surface area (Å²) in [4.78, 5) is 0. The van der Waals surface area contributed by atoms with Crippen LogP contribution in [0.4, 0.5) is 0 Å². The van der Waals surface area contributed by atoms with Gasteiger partial charge in [0.2, 0.25) is 0 Å². The maximum atomic E-state index is 11.6. The minimum absolute atomic E-state index is 0.239. The Hall–Kier alpha value is -2.14. The van der Waals surface area contributed by atoms with Gasteiger partial charge in [0.25, 0.3) is 0 Å². The molecule has 5 heteroatoms. The van der Waals surface area contributed by atoms with Gasteiger partial charge in [0.15, 0.2) is 0 Å². The molecule has 2 rings (SSSR count). The van der Waals surface area contributed by atoms with E-state index in [0.717, 1.165) is 0 Å². The maximum absolute atomic E-state index is 11.6. The van der Waals surface area contributed by atoms with E-state index in [1.807, 2.05) is 6.07 Å². The molecule has 0 aliphatic rings. The first-order valence-corrected chi connectivity index (χ1v) is 6.62. The van der Waals surface area contributed by atoms with Gasteiger partial charge in [-0.3, -0.25) is 0 Å². The Balaban J connectivity index is 2.11. The number of hydrogen-bond acceptors (Lipinski definition) is 3. The van der Waals surface area contributed by atoms with E-state index in [9.17, 15) is 8.42 Å². The van der Waals surface area contributed by atoms with Crippen molar-refractivity contribution in [2.45, 2.75) is 0 Å². The Morgan fingerprint density at radius 1 is 0.889 bits per heavy atom. The standard InChI is InChI=1S/C13H11NO3S/c15-18(16,17-13-9-5-2-6-10-13)14-11-12-7-3-1-4-8-12/h1-11H/b14-11+. The Morgan fingerprint density at radius 2 is 1.44 bits per heavy atom. The van der Waals surface area contributed by atoms with E-state index in [1.54, 1.807) is 54.6 Å². The molecule has 0 aromatic heterocycles. The molecule has 0 saturated carbocycles. The largest absolute Gasteiger partial charge is 0.428 e. The van der Waals surface area contributed by atoms with Crippen molar-refractivity contribution in [3.63, 3.8) is 0 Å². The summed E-state index contributed by atoms with van der Waals surface area (Å²) in [6.45, 7) is 0. The molecule has 4 nitrogen and oxygen atoms in total. The van der Waals surface area contributed by atoms with Gasteiger partial charge < -0.3 is 4.18 Å².